The lowest BCUT2D eigenvalue weighted by Crippen LogP contribution is -2.49. The maximum Gasteiger partial charge on any atom is 0.237 e. The minimum Gasteiger partial charge on any atom is -0.351 e. The van der Waals surface area contributed by atoms with Gasteiger partial charge in [-0.2, -0.15) is 0 Å². The van der Waals surface area contributed by atoms with Crippen LogP contribution in [0.5, 0.6) is 0 Å². The van der Waals surface area contributed by atoms with Crippen LogP contribution in [0.25, 0.3) is 0 Å². The summed E-state index contributed by atoms with van der Waals surface area (Å²) in [6, 6.07) is 5.35. The molecule has 21 heavy (non-hydrogen) atoms. The number of likely N-dealkylation sites (tertiary alicyclic amines) is 1. The number of benzene rings is 1. The van der Waals surface area contributed by atoms with Gasteiger partial charge < -0.3 is 5.32 Å². The Morgan fingerprint density at radius 3 is 2.90 bits per heavy atom. The molecule has 0 spiro atoms. The van der Waals surface area contributed by atoms with E-state index in [0.29, 0.717) is 16.6 Å². The van der Waals surface area contributed by atoms with E-state index in [1.807, 2.05) is 6.07 Å². The largest absolute Gasteiger partial charge is 0.351 e. The Labute approximate surface area is 136 Å². The number of amides is 1. The molecule has 1 unspecified atom stereocenters. The number of carbonyl (C=O) groups is 1. The van der Waals surface area contributed by atoms with E-state index in [0.717, 1.165) is 37.9 Å². The minimum atomic E-state index is 0.00442. The van der Waals surface area contributed by atoms with Crippen LogP contribution in [0.1, 0.15) is 38.2 Å². The van der Waals surface area contributed by atoms with Crippen LogP contribution < -0.4 is 5.32 Å². The molecule has 1 aliphatic rings. The molecular weight excluding hydrogens is 307 g/mol. The first-order valence-corrected chi connectivity index (χ1v) is 8.33. The van der Waals surface area contributed by atoms with E-state index in [2.05, 4.69) is 17.1 Å². The Balaban J connectivity index is 1.93. The van der Waals surface area contributed by atoms with Crippen LogP contribution in [0, 0.1) is 0 Å². The predicted molar refractivity (Wildman–Crippen MR) is 87.8 cm³/mol. The van der Waals surface area contributed by atoms with Gasteiger partial charge in [-0.15, -0.1) is 0 Å². The van der Waals surface area contributed by atoms with Crippen LogP contribution in [0.4, 0.5) is 0 Å². The molecule has 2 rings (SSSR count). The Kier molecular flexibility index (Phi) is 6.34. The van der Waals surface area contributed by atoms with Crippen LogP contribution in [-0.4, -0.2) is 29.9 Å². The van der Waals surface area contributed by atoms with Crippen LogP contribution in [0.3, 0.4) is 0 Å². The first-order valence-electron chi connectivity index (χ1n) is 7.57. The van der Waals surface area contributed by atoms with Crippen LogP contribution >= 0.6 is 23.2 Å². The summed E-state index contributed by atoms with van der Waals surface area (Å²) in [5, 5.41) is 4.21. The lowest BCUT2D eigenvalue weighted by atomic mass is 10.0. The summed E-state index contributed by atoms with van der Waals surface area (Å²) < 4.78 is 0. The zero-order valence-corrected chi connectivity index (χ0v) is 13.9. The van der Waals surface area contributed by atoms with E-state index in [1.54, 1.807) is 12.1 Å². The highest BCUT2D eigenvalue weighted by Crippen LogP contribution is 2.21. The molecule has 0 saturated carbocycles. The van der Waals surface area contributed by atoms with Gasteiger partial charge in [0.25, 0.3) is 0 Å². The van der Waals surface area contributed by atoms with Crippen molar-refractivity contribution in [3.05, 3.63) is 33.8 Å². The maximum atomic E-state index is 12.4. The van der Waals surface area contributed by atoms with Crippen molar-refractivity contribution in [2.45, 2.75) is 45.2 Å². The lowest BCUT2D eigenvalue weighted by Gasteiger charge is -2.34. The second-order valence-corrected chi connectivity index (χ2v) is 6.34. The topological polar surface area (TPSA) is 32.3 Å². The Morgan fingerprint density at radius 2 is 2.19 bits per heavy atom. The van der Waals surface area contributed by atoms with Gasteiger partial charge in [0, 0.05) is 16.6 Å². The number of rotatable bonds is 5. The van der Waals surface area contributed by atoms with Gasteiger partial charge in [-0.1, -0.05) is 42.6 Å². The summed E-state index contributed by atoms with van der Waals surface area (Å²) in [5.74, 6) is 0.106. The molecule has 0 aromatic heterocycles. The van der Waals surface area contributed by atoms with Crippen molar-refractivity contribution < 1.29 is 4.79 Å². The monoisotopic (exact) mass is 328 g/mol. The molecule has 1 amide bonds. The highest BCUT2D eigenvalue weighted by atomic mass is 35.5. The average molecular weight is 329 g/mol. The quantitative estimate of drug-likeness (QED) is 0.889. The summed E-state index contributed by atoms with van der Waals surface area (Å²) in [5.41, 5.74) is 0.896. The van der Waals surface area contributed by atoms with Crippen LogP contribution in [-0.2, 0) is 11.3 Å². The molecule has 3 nitrogen and oxygen atoms in total. The van der Waals surface area contributed by atoms with Gasteiger partial charge >= 0.3 is 0 Å². The maximum absolute atomic E-state index is 12.4. The molecule has 0 aliphatic carbocycles. The number of hydrogen-bond donors (Lipinski definition) is 1. The number of halogens is 2. The van der Waals surface area contributed by atoms with E-state index in [1.165, 1.54) is 6.42 Å². The Bertz CT molecular complexity index is 491. The molecule has 1 aromatic rings. The average Bonchev–Trinajstić information content (AvgIpc) is 2.47. The molecule has 1 heterocycles. The fraction of sp³-hybridized carbons (Fsp3) is 0.562. The van der Waals surface area contributed by atoms with E-state index >= 15 is 0 Å². The molecule has 116 valence electrons. The molecule has 1 N–H and O–H groups in total. The van der Waals surface area contributed by atoms with Crippen molar-refractivity contribution in [2.75, 3.05) is 13.1 Å². The third-order valence-corrected chi connectivity index (χ3v) is 4.48. The summed E-state index contributed by atoms with van der Waals surface area (Å²) in [7, 11) is 0. The standard InChI is InChI=1S/C16H22Cl2N2O/c1-2-8-20-9-4-3-5-15(20)16(21)19-11-12-6-7-13(17)10-14(12)18/h6-7,10,15H,2-5,8-9,11H2,1H3,(H,19,21). The van der Waals surface area contributed by atoms with Crippen LogP contribution in [0.2, 0.25) is 10.0 Å². The van der Waals surface area contributed by atoms with Gasteiger partial charge in [-0.25, -0.2) is 0 Å². The smallest absolute Gasteiger partial charge is 0.237 e. The minimum absolute atomic E-state index is 0.00442. The zero-order valence-electron chi connectivity index (χ0n) is 12.4. The summed E-state index contributed by atoms with van der Waals surface area (Å²) in [4.78, 5) is 14.7. The molecular formula is C16H22Cl2N2O. The predicted octanol–water partition coefficient (Wildman–Crippen LogP) is 3.87. The summed E-state index contributed by atoms with van der Waals surface area (Å²) >= 11 is 12.0. The fourth-order valence-electron chi connectivity index (χ4n) is 2.81. The van der Waals surface area contributed by atoms with Gasteiger partial charge in [-0.3, -0.25) is 9.69 Å². The lowest BCUT2D eigenvalue weighted by molar-refractivity contribution is -0.127. The zero-order chi connectivity index (χ0) is 15.2. The van der Waals surface area contributed by atoms with Gasteiger partial charge in [0.1, 0.15) is 0 Å². The van der Waals surface area contributed by atoms with Gasteiger partial charge in [0.2, 0.25) is 5.91 Å². The van der Waals surface area contributed by atoms with E-state index in [-0.39, 0.29) is 11.9 Å². The molecule has 1 fully saturated rings. The highest BCUT2D eigenvalue weighted by Gasteiger charge is 2.27. The third kappa shape index (κ3) is 4.60. The molecule has 1 atom stereocenters. The van der Waals surface area contributed by atoms with Gasteiger partial charge in [0.05, 0.1) is 6.04 Å². The number of piperidine rings is 1. The number of carbonyl (C=O) groups excluding carboxylic acids is 1. The number of nitrogens with zero attached hydrogens (tertiary/aromatic N) is 1. The van der Waals surface area contributed by atoms with Crippen molar-refractivity contribution >= 4 is 29.1 Å². The van der Waals surface area contributed by atoms with Gasteiger partial charge in [-0.05, 0) is 50.0 Å². The Hall–Kier alpha value is -0.770. The molecule has 0 bridgehead atoms. The second-order valence-electron chi connectivity index (χ2n) is 5.50. The molecule has 1 saturated heterocycles. The van der Waals surface area contributed by atoms with Crippen molar-refractivity contribution in [3.63, 3.8) is 0 Å². The molecule has 5 heteroatoms. The van der Waals surface area contributed by atoms with Crippen molar-refractivity contribution in [2.24, 2.45) is 0 Å². The van der Waals surface area contributed by atoms with E-state index in [4.69, 9.17) is 23.2 Å². The SMILES string of the molecule is CCCN1CCCCC1C(=O)NCc1ccc(Cl)cc1Cl. The van der Waals surface area contributed by atoms with E-state index < -0.39 is 0 Å². The van der Waals surface area contributed by atoms with Crippen molar-refractivity contribution in [1.82, 2.24) is 10.2 Å². The Morgan fingerprint density at radius 1 is 1.38 bits per heavy atom. The molecule has 1 aliphatic heterocycles. The van der Waals surface area contributed by atoms with Crippen LogP contribution in [0.15, 0.2) is 18.2 Å². The first kappa shape index (κ1) is 16.6. The molecule has 1 aromatic carbocycles. The van der Waals surface area contributed by atoms with Crippen molar-refractivity contribution in [3.8, 4) is 0 Å². The number of hydrogen-bond acceptors (Lipinski definition) is 2. The summed E-state index contributed by atoms with van der Waals surface area (Å²) in [6.45, 7) is 4.61. The highest BCUT2D eigenvalue weighted by molar-refractivity contribution is 6.35. The normalized spacial score (nSPS) is 19.5. The fourth-order valence-corrected chi connectivity index (χ4v) is 3.28. The van der Waals surface area contributed by atoms with Crippen molar-refractivity contribution in [1.29, 1.82) is 0 Å². The van der Waals surface area contributed by atoms with Gasteiger partial charge in [0.15, 0.2) is 0 Å². The third-order valence-electron chi connectivity index (χ3n) is 3.90. The van der Waals surface area contributed by atoms with E-state index in [9.17, 15) is 4.79 Å². The first-order chi connectivity index (χ1) is 10.1. The second kappa shape index (κ2) is 8.02. The molecule has 0 radical (unpaired) electrons. The number of nitrogens with one attached hydrogen (secondary N) is 1. The summed E-state index contributed by atoms with van der Waals surface area (Å²) in [6.07, 6.45) is 4.33.